The Morgan fingerprint density at radius 1 is 1.53 bits per heavy atom. The Morgan fingerprint density at radius 3 is 2.71 bits per heavy atom. The molecular formula is C13H21BrN2S. The van der Waals surface area contributed by atoms with Crippen LogP contribution in [0, 0.1) is 5.92 Å². The van der Waals surface area contributed by atoms with Crippen molar-refractivity contribution in [2.45, 2.75) is 32.2 Å². The topological polar surface area (TPSA) is 29.3 Å². The van der Waals surface area contributed by atoms with Crippen LogP contribution in [-0.2, 0) is 0 Å². The van der Waals surface area contributed by atoms with Crippen molar-refractivity contribution in [3.8, 4) is 0 Å². The number of likely N-dealkylation sites (N-methyl/N-ethyl adjacent to an activating group) is 1. The molecule has 1 fully saturated rings. The lowest BCUT2D eigenvalue weighted by Crippen LogP contribution is -2.38. The van der Waals surface area contributed by atoms with Crippen LogP contribution in [0.2, 0.25) is 0 Å². The molecule has 0 aromatic carbocycles. The lowest BCUT2D eigenvalue weighted by Gasteiger charge is -2.36. The van der Waals surface area contributed by atoms with Crippen LogP contribution in [-0.4, -0.2) is 24.5 Å². The van der Waals surface area contributed by atoms with E-state index in [1.807, 2.05) is 11.3 Å². The van der Waals surface area contributed by atoms with E-state index in [2.05, 4.69) is 39.9 Å². The fourth-order valence-corrected chi connectivity index (χ4v) is 4.01. The summed E-state index contributed by atoms with van der Waals surface area (Å²) < 4.78 is 1.20. The quantitative estimate of drug-likeness (QED) is 0.868. The minimum Gasteiger partial charge on any atom is -0.329 e. The monoisotopic (exact) mass is 316 g/mol. The lowest BCUT2D eigenvalue weighted by atomic mass is 9.85. The van der Waals surface area contributed by atoms with Gasteiger partial charge in [-0.1, -0.05) is 13.3 Å². The summed E-state index contributed by atoms with van der Waals surface area (Å²) in [6, 6.07) is 4.73. The molecule has 1 aliphatic rings. The number of hydrogen-bond acceptors (Lipinski definition) is 3. The molecule has 1 aromatic heterocycles. The highest BCUT2D eigenvalue weighted by molar-refractivity contribution is 9.11. The van der Waals surface area contributed by atoms with Crippen LogP contribution in [0.3, 0.4) is 0 Å². The predicted octanol–water partition coefficient (Wildman–Crippen LogP) is 3.63. The Hall–Kier alpha value is 0.1000. The van der Waals surface area contributed by atoms with Gasteiger partial charge < -0.3 is 5.73 Å². The normalized spacial score (nSPS) is 18.4. The summed E-state index contributed by atoms with van der Waals surface area (Å²) in [6.07, 6.45) is 4.23. The van der Waals surface area contributed by atoms with Gasteiger partial charge in [-0.25, -0.2) is 0 Å². The molecule has 0 spiro atoms. The number of rotatable bonds is 6. The van der Waals surface area contributed by atoms with Crippen LogP contribution in [0.5, 0.6) is 0 Å². The first-order chi connectivity index (χ1) is 8.24. The Morgan fingerprint density at radius 2 is 2.29 bits per heavy atom. The van der Waals surface area contributed by atoms with Crippen molar-refractivity contribution in [1.82, 2.24) is 4.90 Å². The third-order valence-electron chi connectivity index (χ3n) is 3.71. The molecule has 0 aliphatic heterocycles. The highest BCUT2D eigenvalue weighted by Gasteiger charge is 2.25. The fraction of sp³-hybridized carbons (Fsp3) is 0.692. The van der Waals surface area contributed by atoms with E-state index < -0.39 is 0 Å². The predicted molar refractivity (Wildman–Crippen MR) is 78.4 cm³/mol. The molecule has 1 aromatic rings. The Labute approximate surface area is 116 Å². The molecule has 0 amide bonds. The fourth-order valence-electron chi connectivity index (χ4n) is 2.44. The van der Waals surface area contributed by atoms with E-state index in [4.69, 9.17) is 5.73 Å². The van der Waals surface area contributed by atoms with Crippen molar-refractivity contribution in [2.75, 3.05) is 19.6 Å². The van der Waals surface area contributed by atoms with Crippen LogP contribution in [0.4, 0.5) is 0 Å². The molecular weight excluding hydrogens is 296 g/mol. The van der Waals surface area contributed by atoms with Crippen molar-refractivity contribution in [2.24, 2.45) is 11.7 Å². The molecule has 0 saturated heterocycles. The maximum absolute atomic E-state index is 5.98. The van der Waals surface area contributed by atoms with Gasteiger partial charge in [0.2, 0.25) is 0 Å². The molecule has 1 aliphatic carbocycles. The summed E-state index contributed by atoms with van der Waals surface area (Å²) in [7, 11) is 0. The number of halogens is 1. The molecule has 0 radical (unpaired) electrons. The Balaban J connectivity index is 2.03. The van der Waals surface area contributed by atoms with Gasteiger partial charge in [0.05, 0.1) is 9.83 Å². The van der Waals surface area contributed by atoms with E-state index in [-0.39, 0.29) is 0 Å². The summed E-state index contributed by atoms with van der Waals surface area (Å²) in [5.41, 5.74) is 5.98. The second kappa shape index (κ2) is 6.32. The van der Waals surface area contributed by atoms with Gasteiger partial charge in [0.15, 0.2) is 0 Å². The van der Waals surface area contributed by atoms with Gasteiger partial charge in [-0.3, -0.25) is 4.90 Å². The molecule has 17 heavy (non-hydrogen) atoms. The van der Waals surface area contributed by atoms with Gasteiger partial charge in [-0.15, -0.1) is 11.3 Å². The van der Waals surface area contributed by atoms with Gasteiger partial charge >= 0.3 is 0 Å². The Bertz CT molecular complexity index is 349. The molecule has 1 saturated carbocycles. The minimum absolute atomic E-state index is 0.400. The number of hydrogen-bond donors (Lipinski definition) is 1. The minimum atomic E-state index is 0.400. The maximum atomic E-state index is 5.98. The van der Waals surface area contributed by atoms with Gasteiger partial charge in [-0.2, -0.15) is 0 Å². The number of thiophene rings is 1. The van der Waals surface area contributed by atoms with E-state index in [0.717, 1.165) is 12.5 Å². The van der Waals surface area contributed by atoms with Crippen molar-refractivity contribution in [3.63, 3.8) is 0 Å². The van der Waals surface area contributed by atoms with Crippen LogP contribution >= 0.6 is 27.3 Å². The first kappa shape index (κ1) is 13.5. The summed E-state index contributed by atoms with van der Waals surface area (Å²) in [4.78, 5) is 3.93. The van der Waals surface area contributed by atoms with Crippen LogP contribution in [0.15, 0.2) is 15.9 Å². The van der Waals surface area contributed by atoms with Crippen molar-refractivity contribution >= 4 is 27.3 Å². The van der Waals surface area contributed by atoms with E-state index in [1.165, 1.54) is 34.5 Å². The van der Waals surface area contributed by atoms with Crippen molar-refractivity contribution in [1.29, 1.82) is 0 Å². The molecule has 1 heterocycles. The van der Waals surface area contributed by atoms with Gasteiger partial charge in [-0.05, 0) is 53.4 Å². The second-order valence-electron chi connectivity index (χ2n) is 4.78. The third kappa shape index (κ3) is 3.31. The molecule has 1 atom stereocenters. The van der Waals surface area contributed by atoms with E-state index in [1.54, 1.807) is 0 Å². The van der Waals surface area contributed by atoms with Crippen molar-refractivity contribution in [3.05, 3.63) is 20.8 Å². The van der Waals surface area contributed by atoms with Crippen molar-refractivity contribution < 1.29 is 0 Å². The summed E-state index contributed by atoms with van der Waals surface area (Å²) >= 11 is 5.35. The average Bonchev–Trinajstić information content (AvgIpc) is 2.68. The van der Waals surface area contributed by atoms with Crippen LogP contribution < -0.4 is 5.73 Å². The van der Waals surface area contributed by atoms with E-state index in [0.29, 0.717) is 12.6 Å². The summed E-state index contributed by atoms with van der Waals surface area (Å²) in [5.74, 6) is 0.910. The number of nitrogens with two attached hydrogens (primary N) is 1. The molecule has 2 nitrogen and oxygen atoms in total. The van der Waals surface area contributed by atoms with Crippen LogP contribution in [0.25, 0.3) is 0 Å². The Kier molecular flexibility index (Phi) is 5.03. The van der Waals surface area contributed by atoms with Crippen LogP contribution in [0.1, 0.15) is 37.1 Å². The molecule has 4 heteroatoms. The standard InChI is InChI=1S/C13H21BrN2S/c1-2-16(9-10-4-3-5-10)11(8-15)12-6-7-13(14)17-12/h6-7,10-11H,2-5,8-9,15H2,1H3. The van der Waals surface area contributed by atoms with Gasteiger partial charge in [0.1, 0.15) is 0 Å². The largest absolute Gasteiger partial charge is 0.329 e. The highest BCUT2D eigenvalue weighted by Crippen LogP contribution is 2.33. The molecule has 2 rings (SSSR count). The molecule has 0 bridgehead atoms. The average molecular weight is 317 g/mol. The van der Waals surface area contributed by atoms with Gasteiger partial charge in [0.25, 0.3) is 0 Å². The zero-order chi connectivity index (χ0) is 12.3. The first-order valence-corrected chi connectivity index (χ1v) is 8.05. The zero-order valence-electron chi connectivity index (χ0n) is 10.4. The molecule has 1 unspecified atom stereocenters. The smallest absolute Gasteiger partial charge is 0.0702 e. The summed E-state index contributed by atoms with van der Waals surface area (Å²) in [6.45, 7) is 5.26. The highest BCUT2D eigenvalue weighted by atomic mass is 79.9. The van der Waals surface area contributed by atoms with E-state index in [9.17, 15) is 0 Å². The molecule has 96 valence electrons. The number of nitrogens with zero attached hydrogens (tertiary/aromatic N) is 1. The van der Waals surface area contributed by atoms with E-state index >= 15 is 0 Å². The lowest BCUT2D eigenvalue weighted by molar-refractivity contribution is 0.143. The molecule has 2 N–H and O–H groups in total. The SMILES string of the molecule is CCN(CC1CCC1)C(CN)c1ccc(Br)s1. The first-order valence-electron chi connectivity index (χ1n) is 6.44. The van der Waals surface area contributed by atoms with Gasteiger partial charge in [0, 0.05) is 18.0 Å². The zero-order valence-corrected chi connectivity index (χ0v) is 12.8. The summed E-state index contributed by atoms with van der Waals surface area (Å²) in [5, 5.41) is 0. The third-order valence-corrected chi connectivity index (χ3v) is 5.43. The maximum Gasteiger partial charge on any atom is 0.0702 e. The second-order valence-corrected chi connectivity index (χ2v) is 7.27.